The zero-order valence-electron chi connectivity index (χ0n) is 23.7. The van der Waals surface area contributed by atoms with Crippen LogP contribution in [-0.4, -0.2) is 40.3 Å². The number of rotatable bonds is 11. The molecule has 0 aliphatic heterocycles. The molecular weight excluding hydrogens is 618 g/mol. The minimum Gasteiger partial charge on any atom is -0.346 e. The van der Waals surface area contributed by atoms with Crippen LogP contribution in [0, 0.1) is 0 Å². The SMILES string of the molecule is O=C(Nc1ccccc1C(F)(F)F)c1cnc(SCCCCCC2(C(=O)NCC(F)(F)F)c3ccccc3-c3ccccc32)[nH]1. The van der Waals surface area contributed by atoms with Gasteiger partial charge in [-0.3, -0.25) is 9.59 Å². The molecule has 0 atom stereocenters. The van der Waals surface area contributed by atoms with Gasteiger partial charge < -0.3 is 15.6 Å². The highest BCUT2D eigenvalue weighted by Crippen LogP contribution is 2.51. The summed E-state index contributed by atoms with van der Waals surface area (Å²) >= 11 is 1.32. The molecule has 0 bridgehead atoms. The van der Waals surface area contributed by atoms with E-state index < -0.39 is 41.7 Å². The van der Waals surface area contributed by atoms with Crippen molar-refractivity contribution in [3.8, 4) is 11.1 Å². The lowest BCUT2D eigenvalue weighted by atomic mass is 9.73. The molecule has 4 aromatic rings. The fourth-order valence-electron chi connectivity index (χ4n) is 5.64. The van der Waals surface area contributed by atoms with E-state index in [2.05, 4.69) is 20.6 Å². The molecule has 0 unspecified atom stereocenters. The molecule has 0 spiro atoms. The van der Waals surface area contributed by atoms with Crippen LogP contribution in [0.4, 0.5) is 32.0 Å². The lowest BCUT2D eigenvalue weighted by molar-refractivity contribution is -0.141. The van der Waals surface area contributed by atoms with E-state index in [1.807, 2.05) is 24.3 Å². The van der Waals surface area contributed by atoms with Crippen LogP contribution in [0.15, 0.2) is 84.1 Å². The van der Waals surface area contributed by atoms with Crippen LogP contribution < -0.4 is 10.6 Å². The molecule has 5 rings (SSSR count). The van der Waals surface area contributed by atoms with Gasteiger partial charge in [-0.15, -0.1) is 0 Å². The van der Waals surface area contributed by atoms with E-state index in [0.717, 1.165) is 17.2 Å². The van der Waals surface area contributed by atoms with Gasteiger partial charge in [0.1, 0.15) is 17.7 Å². The number of nitrogens with zero attached hydrogens (tertiary/aromatic N) is 1. The maximum absolute atomic E-state index is 13.6. The molecular formula is C32H28F6N4O2S. The number of unbranched alkanes of at least 4 members (excludes halogenated alkanes) is 2. The van der Waals surface area contributed by atoms with Crippen LogP contribution in [-0.2, 0) is 16.4 Å². The van der Waals surface area contributed by atoms with E-state index in [1.165, 1.54) is 36.2 Å². The molecule has 13 heteroatoms. The third-order valence-corrected chi connectivity index (χ3v) is 8.59. The standard InChI is InChI=1S/C32H28F6N4O2S/c33-31(34,35)19-40-28(44)30(22-12-4-2-10-20(22)21-11-3-5-13-23(21)30)16-8-1-9-17-45-29-39-18-26(42-29)27(43)41-25-15-7-6-14-24(25)32(36,37)38/h2-7,10-15,18H,1,8-9,16-17,19H2,(H,39,42)(H,40,44)(H,41,43). The minimum atomic E-state index is -4.63. The van der Waals surface area contributed by atoms with Crippen molar-refractivity contribution in [2.24, 2.45) is 0 Å². The van der Waals surface area contributed by atoms with Gasteiger partial charge in [0.15, 0.2) is 5.16 Å². The Balaban J connectivity index is 1.20. The van der Waals surface area contributed by atoms with Crippen molar-refractivity contribution in [3.05, 3.63) is 101 Å². The number of hydrogen-bond acceptors (Lipinski definition) is 4. The Bertz CT molecular complexity index is 1640. The number of halogens is 6. The average molecular weight is 647 g/mol. The van der Waals surface area contributed by atoms with Gasteiger partial charge in [0.05, 0.1) is 17.4 Å². The van der Waals surface area contributed by atoms with Crippen molar-refractivity contribution in [1.29, 1.82) is 0 Å². The van der Waals surface area contributed by atoms with Crippen molar-refractivity contribution in [2.75, 3.05) is 17.6 Å². The molecule has 3 aromatic carbocycles. The van der Waals surface area contributed by atoms with Gasteiger partial charge in [0.2, 0.25) is 5.91 Å². The van der Waals surface area contributed by atoms with Crippen LogP contribution >= 0.6 is 11.8 Å². The van der Waals surface area contributed by atoms with Crippen LogP contribution in [0.1, 0.15) is 52.9 Å². The van der Waals surface area contributed by atoms with E-state index >= 15 is 0 Å². The van der Waals surface area contributed by atoms with E-state index in [0.29, 0.717) is 47.7 Å². The van der Waals surface area contributed by atoms with Crippen molar-refractivity contribution >= 4 is 29.3 Å². The summed E-state index contributed by atoms with van der Waals surface area (Å²) in [6.45, 7) is -1.42. The first-order valence-electron chi connectivity index (χ1n) is 14.1. The van der Waals surface area contributed by atoms with Crippen LogP contribution in [0.3, 0.4) is 0 Å². The summed E-state index contributed by atoms with van der Waals surface area (Å²) in [7, 11) is 0. The number of hydrogen-bond donors (Lipinski definition) is 3. The van der Waals surface area contributed by atoms with Crippen LogP contribution in [0.25, 0.3) is 11.1 Å². The maximum atomic E-state index is 13.6. The Labute approximate surface area is 259 Å². The molecule has 1 heterocycles. The molecule has 1 aromatic heterocycles. The number of carbonyl (C=O) groups is 2. The fraction of sp³-hybridized carbons (Fsp3) is 0.281. The Kier molecular flexibility index (Phi) is 9.28. The maximum Gasteiger partial charge on any atom is 0.418 e. The highest BCUT2D eigenvalue weighted by atomic mass is 32.2. The molecule has 236 valence electrons. The molecule has 0 saturated carbocycles. The van der Waals surface area contributed by atoms with Gasteiger partial charge >= 0.3 is 12.4 Å². The number of nitrogens with one attached hydrogen (secondary N) is 3. The number of carbonyl (C=O) groups excluding carboxylic acids is 2. The smallest absolute Gasteiger partial charge is 0.346 e. The quantitative estimate of drug-likeness (QED) is 0.0877. The second-order valence-corrected chi connectivity index (χ2v) is 11.6. The summed E-state index contributed by atoms with van der Waals surface area (Å²) in [6, 6.07) is 19.2. The molecule has 1 aliphatic carbocycles. The first-order valence-corrected chi connectivity index (χ1v) is 15.1. The van der Waals surface area contributed by atoms with Crippen molar-refractivity contribution in [2.45, 2.75) is 48.6 Å². The normalized spacial score (nSPS) is 13.6. The van der Waals surface area contributed by atoms with E-state index in [-0.39, 0.29) is 11.4 Å². The third-order valence-electron chi connectivity index (χ3n) is 7.61. The number of fused-ring (bicyclic) bond motifs is 3. The van der Waals surface area contributed by atoms with Gasteiger partial charge in [-0.2, -0.15) is 26.3 Å². The fourth-order valence-corrected chi connectivity index (χ4v) is 6.49. The Morgan fingerprint density at radius 2 is 1.44 bits per heavy atom. The molecule has 0 radical (unpaired) electrons. The number of thioether (sulfide) groups is 1. The highest BCUT2D eigenvalue weighted by Gasteiger charge is 2.49. The largest absolute Gasteiger partial charge is 0.418 e. The van der Waals surface area contributed by atoms with Gasteiger partial charge in [0, 0.05) is 5.75 Å². The Morgan fingerprint density at radius 3 is 2.09 bits per heavy atom. The highest BCUT2D eigenvalue weighted by molar-refractivity contribution is 7.99. The summed E-state index contributed by atoms with van der Waals surface area (Å²) in [4.78, 5) is 33.1. The number of anilines is 1. The van der Waals surface area contributed by atoms with Crippen molar-refractivity contribution in [3.63, 3.8) is 0 Å². The van der Waals surface area contributed by atoms with Crippen molar-refractivity contribution < 1.29 is 35.9 Å². The first kappa shape index (κ1) is 32.1. The molecule has 0 saturated heterocycles. The third kappa shape index (κ3) is 7.03. The number of alkyl halides is 6. The number of benzene rings is 3. The number of H-pyrrole nitrogens is 1. The summed E-state index contributed by atoms with van der Waals surface area (Å²) in [5, 5.41) is 4.80. The molecule has 1 aliphatic rings. The zero-order chi connectivity index (χ0) is 32.2. The number of aromatic amines is 1. The van der Waals surface area contributed by atoms with Gasteiger partial charge in [-0.1, -0.05) is 85.3 Å². The number of imidazole rings is 1. The second kappa shape index (κ2) is 13.0. The molecule has 45 heavy (non-hydrogen) atoms. The molecule has 2 amide bonds. The predicted octanol–water partition coefficient (Wildman–Crippen LogP) is 7.98. The minimum absolute atomic E-state index is 0.000137. The second-order valence-electron chi connectivity index (χ2n) is 10.6. The first-order chi connectivity index (χ1) is 21.4. The Morgan fingerprint density at radius 1 is 0.822 bits per heavy atom. The lowest BCUT2D eigenvalue weighted by Crippen LogP contribution is -2.47. The van der Waals surface area contributed by atoms with Crippen LogP contribution in [0.2, 0.25) is 0 Å². The van der Waals surface area contributed by atoms with E-state index in [4.69, 9.17) is 0 Å². The number of amides is 2. The van der Waals surface area contributed by atoms with Crippen LogP contribution in [0.5, 0.6) is 0 Å². The summed E-state index contributed by atoms with van der Waals surface area (Å²) in [5.74, 6) is -0.880. The molecule has 0 fully saturated rings. The number of para-hydroxylation sites is 1. The van der Waals surface area contributed by atoms with E-state index in [1.54, 1.807) is 24.3 Å². The molecule has 3 N–H and O–H groups in total. The summed E-state index contributed by atoms with van der Waals surface area (Å²) < 4.78 is 79.0. The lowest BCUT2D eigenvalue weighted by Gasteiger charge is -2.31. The van der Waals surface area contributed by atoms with Gasteiger partial charge in [-0.25, -0.2) is 4.98 Å². The monoisotopic (exact) mass is 646 g/mol. The Hall–Kier alpha value is -4.26. The molecule has 6 nitrogen and oxygen atoms in total. The van der Waals surface area contributed by atoms with Gasteiger partial charge in [-0.05, 0) is 47.2 Å². The topological polar surface area (TPSA) is 86.9 Å². The van der Waals surface area contributed by atoms with E-state index in [9.17, 15) is 35.9 Å². The zero-order valence-corrected chi connectivity index (χ0v) is 24.5. The summed E-state index contributed by atoms with van der Waals surface area (Å²) in [6.07, 6.45) is -5.75. The predicted molar refractivity (Wildman–Crippen MR) is 159 cm³/mol. The number of aromatic nitrogens is 2. The van der Waals surface area contributed by atoms with Gasteiger partial charge in [0.25, 0.3) is 5.91 Å². The summed E-state index contributed by atoms with van der Waals surface area (Å²) in [5.41, 5.74) is 0.418. The van der Waals surface area contributed by atoms with Crippen molar-refractivity contribution in [1.82, 2.24) is 15.3 Å². The average Bonchev–Trinajstić information content (AvgIpc) is 3.59.